The van der Waals surface area contributed by atoms with Crippen molar-refractivity contribution in [3.8, 4) is 5.75 Å². The first-order valence-electron chi connectivity index (χ1n) is 9.17. The van der Waals surface area contributed by atoms with Crippen LogP contribution < -0.4 is 20.5 Å². The normalized spacial score (nSPS) is 13.0. The summed E-state index contributed by atoms with van der Waals surface area (Å²) in [6.45, 7) is 0. The standard InChI is InChI=1S/C20H20BrN3O5S.Na.H/c21-13-6-8-14(9-7-13)23-18-15(24-30(27)28)10-11-16(17(18)19(22)25)29-20(26)12-4-2-1-3-5-12;;/h4,6-11,23,30H,1-3,5H2,(H2,22,25)(H,24,27,28);;. The van der Waals surface area contributed by atoms with Crippen LogP contribution in [0.2, 0.25) is 0 Å². The van der Waals surface area contributed by atoms with E-state index < -0.39 is 22.8 Å². The average Bonchev–Trinajstić information content (AvgIpc) is 2.71. The third kappa shape index (κ3) is 6.81. The molecular formula is C20H21BrN3NaO5S. The van der Waals surface area contributed by atoms with Crippen molar-refractivity contribution >= 4 is 85.3 Å². The molecule has 0 spiro atoms. The summed E-state index contributed by atoms with van der Waals surface area (Å²) in [5, 5.41) is 2.99. The Morgan fingerprint density at radius 1 is 1.06 bits per heavy atom. The van der Waals surface area contributed by atoms with E-state index in [1.54, 1.807) is 24.3 Å². The number of amides is 1. The van der Waals surface area contributed by atoms with Crippen LogP contribution in [0.3, 0.4) is 0 Å². The Bertz CT molecular complexity index is 1080. The van der Waals surface area contributed by atoms with Crippen molar-refractivity contribution in [2.75, 3.05) is 10.0 Å². The molecule has 0 heterocycles. The second-order valence-electron chi connectivity index (χ2n) is 6.59. The molecule has 11 heteroatoms. The predicted octanol–water partition coefficient (Wildman–Crippen LogP) is 2.99. The van der Waals surface area contributed by atoms with Crippen molar-refractivity contribution in [1.82, 2.24) is 0 Å². The molecule has 0 unspecified atom stereocenters. The van der Waals surface area contributed by atoms with Crippen molar-refractivity contribution in [2.24, 2.45) is 5.73 Å². The molecule has 1 amide bonds. The van der Waals surface area contributed by atoms with E-state index in [9.17, 15) is 18.0 Å². The van der Waals surface area contributed by atoms with Gasteiger partial charge in [-0.2, -0.15) is 0 Å². The maximum absolute atomic E-state index is 12.5. The van der Waals surface area contributed by atoms with Gasteiger partial charge in [0.05, 0.1) is 11.4 Å². The van der Waals surface area contributed by atoms with Gasteiger partial charge in [-0.05, 0) is 62.1 Å². The van der Waals surface area contributed by atoms with E-state index in [0.29, 0.717) is 17.7 Å². The number of allylic oxidation sites excluding steroid dienone is 1. The maximum atomic E-state index is 12.5. The molecule has 4 N–H and O–H groups in total. The summed E-state index contributed by atoms with van der Waals surface area (Å²) >= 11 is 3.34. The molecule has 0 aromatic heterocycles. The van der Waals surface area contributed by atoms with E-state index in [1.807, 2.05) is 6.08 Å². The number of nitrogens with one attached hydrogen (secondary N) is 2. The number of hydrogen-bond donors (Lipinski definition) is 4. The van der Waals surface area contributed by atoms with Crippen LogP contribution in [0.5, 0.6) is 5.75 Å². The number of carbonyl (C=O) groups is 2. The SMILES string of the molecule is NC(=O)c1c(OC(=O)C2=CCCCC2)ccc(N[SH](=O)=O)c1Nc1ccc(Br)cc1.[NaH]. The number of rotatable bonds is 7. The minimum absolute atomic E-state index is 0. The minimum atomic E-state index is -3.01. The molecule has 2 aromatic rings. The van der Waals surface area contributed by atoms with Crippen LogP contribution in [0.4, 0.5) is 17.1 Å². The van der Waals surface area contributed by atoms with Crippen LogP contribution in [-0.4, -0.2) is 49.9 Å². The first-order valence-corrected chi connectivity index (χ1v) is 11.1. The van der Waals surface area contributed by atoms with Crippen LogP contribution in [-0.2, 0) is 15.7 Å². The molecular weight excluding hydrogens is 497 g/mol. The number of ether oxygens (including phenoxy) is 1. The fourth-order valence-electron chi connectivity index (χ4n) is 3.10. The molecule has 0 saturated carbocycles. The third-order valence-electron chi connectivity index (χ3n) is 4.49. The molecule has 0 radical (unpaired) electrons. The molecule has 1 aliphatic rings. The van der Waals surface area contributed by atoms with E-state index in [-0.39, 0.29) is 52.2 Å². The number of esters is 1. The zero-order valence-corrected chi connectivity index (χ0v) is 18.3. The Kier molecular flexibility index (Phi) is 9.57. The number of primary amides is 1. The molecule has 31 heavy (non-hydrogen) atoms. The molecule has 0 fully saturated rings. The van der Waals surface area contributed by atoms with Gasteiger partial charge in [-0.25, -0.2) is 13.2 Å². The van der Waals surface area contributed by atoms with Gasteiger partial charge in [0.2, 0.25) is 10.9 Å². The molecule has 0 aliphatic heterocycles. The third-order valence-corrected chi connectivity index (χ3v) is 5.45. The Balaban J connectivity index is 0.00000341. The van der Waals surface area contributed by atoms with E-state index >= 15 is 0 Å². The molecule has 0 atom stereocenters. The summed E-state index contributed by atoms with van der Waals surface area (Å²) in [5.74, 6) is -1.48. The number of anilines is 3. The fourth-order valence-corrected chi connectivity index (χ4v) is 3.75. The number of nitrogens with two attached hydrogens (primary N) is 1. The monoisotopic (exact) mass is 517 g/mol. The van der Waals surface area contributed by atoms with Gasteiger partial charge < -0.3 is 15.8 Å². The topological polar surface area (TPSA) is 128 Å². The summed E-state index contributed by atoms with van der Waals surface area (Å²) in [7, 11) is -3.01. The number of carbonyl (C=O) groups excluding carboxylic acids is 2. The van der Waals surface area contributed by atoms with Gasteiger partial charge in [0.1, 0.15) is 11.3 Å². The number of thiol groups is 1. The van der Waals surface area contributed by atoms with Gasteiger partial charge in [0.15, 0.2) is 0 Å². The molecule has 0 saturated heterocycles. The van der Waals surface area contributed by atoms with Crippen LogP contribution >= 0.6 is 15.9 Å². The van der Waals surface area contributed by atoms with Crippen molar-refractivity contribution in [3.63, 3.8) is 0 Å². The summed E-state index contributed by atoms with van der Waals surface area (Å²) < 4.78 is 31.1. The van der Waals surface area contributed by atoms with Crippen LogP contribution in [0.25, 0.3) is 0 Å². The van der Waals surface area contributed by atoms with E-state index in [0.717, 1.165) is 23.7 Å². The van der Waals surface area contributed by atoms with Crippen molar-refractivity contribution in [2.45, 2.75) is 25.7 Å². The molecule has 2 aromatic carbocycles. The Labute approximate surface area is 212 Å². The van der Waals surface area contributed by atoms with Gasteiger partial charge in [-0.3, -0.25) is 9.52 Å². The first kappa shape index (κ1) is 25.4. The summed E-state index contributed by atoms with van der Waals surface area (Å²) in [5.41, 5.74) is 6.75. The Morgan fingerprint density at radius 2 is 1.77 bits per heavy atom. The van der Waals surface area contributed by atoms with Gasteiger partial charge >= 0.3 is 35.5 Å². The van der Waals surface area contributed by atoms with E-state index in [1.165, 1.54) is 12.1 Å². The van der Waals surface area contributed by atoms with E-state index in [2.05, 4.69) is 26.0 Å². The molecule has 3 rings (SSSR count). The van der Waals surface area contributed by atoms with Crippen molar-refractivity contribution < 1.29 is 22.7 Å². The Morgan fingerprint density at radius 3 is 2.35 bits per heavy atom. The number of hydrogen-bond acceptors (Lipinski definition) is 6. The van der Waals surface area contributed by atoms with Crippen LogP contribution in [0, 0.1) is 0 Å². The quantitative estimate of drug-likeness (QED) is 0.193. The second-order valence-corrected chi connectivity index (χ2v) is 8.24. The second kappa shape index (κ2) is 11.7. The number of halogens is 1. The van der Waals surface area contributed by atoms with Gasteiger partial charge in [-0.1, -0.05) is 22.0 Å². The first-order chi connectivity index (χ1) is 14.3. The molecule has 1 aliphatic carbocycles. The van der Waals surface area contributed by atoms with E-state index in [4.69, 9.17) is 10.5 Å². The van der Waals surface area contributed by atoms with Gasteiger partial charge in [-0.15, -0.1) is 0 Å². The average molecular weight is 518 g/mol. The zero-order chi connectivity index (χ0) is 21.7. The summed E-state index contributed by atoms with van der Waals surface area (Å²) in [4.78, 5) is 24.8. The molecule has 0 bridgehead atoms. The number of benzene rings is 2. The van der Waals surface area contributed by atoms with Gasteiger partial charge in [0.25, 0.3) is 5.91 Å². The van der Waals surface area contributed by atoms with Crippen LogP contribution in [0.1, 0.15) is 36.0 Å². The summed E-state index contributed by atoms with van der Waals surface area (Å²) in [6.07, 6.45) is 5.13. The predicted molar refractivity (Wildman–Crippen MR) is 126 cm³/mol. The van der Waals surface area contributed by atoms with Gasteiger partial charge in [0, 0.05) is 15.7 Å². The molecule has 160 valence electrons. The molecule has 8 nitrogen and oxygen atoms in total. The van der Waals surface area contributed by atoms with Crippen molar-refractivity contribution in [1.29, 1.82) is 0 Å². The Hall–Kier alpha value is -1.85. The van der Waals surface area contributed by atoms with Crippen molar-refractivity contribution in [3.05, 3.63) is 58.1 Å². The zero-order valence-electron chi connectivity index (χ0n) is 15.8. The fraction of sp³-hybridized carbons (Fsp3) is 0.200. The summed E-state index contributed by atoms with van der Waals surface area (Å²) in [6, 6.07) is 9.73. The van der Waals surface area contributed by atoms with Crippen LogP contribution in [0.15, 0.2) is 52.5 Å².